The first-order valence-corrected chi connectivity index (χ1v) is 10.3. The topological polar surface area (TPSA) is 88.2 Å². The maximum absolute atomic E-state index is 12.6. The Labute approximate surface area is 172 Å². The van der Waals surface area contributed by atoms with Crippen LogP contribution in [-0.4, -0.2) is 19.3 Å². The number of rotatable bonds is 5. The molecule has 0 atom stereocenters. The highest BCUT2D eigenvalue weighted by atomic mass is 35.5. The largest absolute Gasteiger partial charge is 0.306 e. The van der Waals surface area contributed by atoms with Crippen LogP contribution in [0.4, 0.5) is 11.5 Å². The normalized spacial score (nSPS) is 11.1. The number of sulfonamides is 1. The molecule has 3 rings (SSSR count). The van der Waals surface area contributed by atoms with E-state index in [1.807, 2.05) is 13.0 Å². The Morgan fingerprint density at radius 3 is 2.50 bits per heavy atom. The van der Waals surface area contributed by atoms with E-state index in [4.69, 9.17) is 23.2 Å². The number of nitrogens with one attached hydrogen (secondary N) is 2. The van der Waals surface area contributed by atoms with Gasteiger partial charge in [-0.05, 0) is 55.0 Å². The Balaban J connectivity index is 1.82. The molecule has 0 spiro atoms. The first-order valence-electron chi connectivity index (χ1n) is 8.07. The highest BCUT2D eigenvalue weighted by molar-refractivity contribution is 7.92. The number of anilines is 2. The van der Waals surface area contributed by atoms with E-state index in [0.717, 1.165) is 5.56 Å². The first kappa shape index (κ1) is 20.1. The number of benzene rings is 2. The van der Waals surface area contributed by atoms with Gasteiger partial charge in [0.1, 0.15) is 5.82 Å². The fourth-order valence-electron chi connectivity index (χ4n) is 2.38. The van der Waals surface area contributed by atoms with Gasteiger partial charge in [0.05, 0.1) is 14.9 Å². The average Bonchev–Trinajstić information content (AvgIpc) is 2.65. The van der Waals surface area contributed by atoms with Crippen LogP contribution in [0, 0.1) is 6.92 Å². The number of nitrogens with zero attached hydrogens (tertiary/aromatic N) is 1. The molecule has 1 heterocycles. The average molecular weight is 436 g/mol. The lowest BCUT2D eigenvalue weighted by Gasteiger charge is -2.11. The van der Waals surface area contributed by atoms with Gasteiger partial charge < -0.3 is 5.32 Å². The second-order valence-electron chi connectivity index (χ2n) is 5.89. The van der Waals surface area contributed by atoms with Gasteiger partial charge in [-0.15, -0.1) is 0 Å². The summed E-state index contributed by atoms with van der Waals surface area (Å²) in [7, 11) is -3.90. The second-order valence-corrected chi connectivity index (χ2v) is 8.38. The van der Waals surface area contributed by atoms with Crippen molar-refractivity contribution in [2.75, 3.05) is 10.0 Å². The van der Waals surface area contributed by atoms with Crippen molar-refractivity contribution in [2.24, 2.45) is 0 Å². The van der Waals surface area contributed by atoms with Crippen LogP contribution in [0.15, 0.2) is 65.7 Å². The summed E-state index contributed by atoms with van der Waals surface area (Å²) in [6, 6.07) is 13.7. The minimum atomic E-state index is -3.90. The Hall–Kier alpha value is -2.61. The molecule has 2 aromatic carbocycles. The van der Waals surface area contributed by atoms with E-state index in [-0.39, 0.29) is 26.2 Å². The lowest BCUT2D eigenvalue weighted by Crippen LogP contribution is -2.16. The zero-order chi connectivity index (χ0) is 20.3. The van der Waals surface area contributed by atoms with E-state index in [2.05, 4.69) is 15.0 Å². The second kappa shape index (κ2) is 8.18. The third-order valence-electron chi connectivity index (χ3n) is 3.82. The molecular formula is C19H15Cl2N3O3S. The smallest absolute Gasteiger partial charge is 0.261 e. The van der Waals surface area contributed by atoms with Gasteiger partial charge in [0, 0.05) is 17.4 Å². The van der Waals surface area contributed by atoms with Gasteiger partial charge in [0.25, 0.3) is 15.9 Å². The molecule has 6 nitrogen and oxygen atoms in total. The molecule has 1 amide bonds. The Morgan fingerprint density at radius 2 is 1.79 bits per heavy atom. The number of pyridine rings is 1. The van der Waals surface area contributed by atoms with Gasteiger partial charge in [-0.25, -0.2) is 13.4 Å². The molecule has 0 fully saturated rings. The van der Waals surface area contributed by atoms with Crippen molar-refractivity contribution in [2.45, 2.75) is 11.8 Å². The van der Waals surface area contributed by atoms with Gasteiger partial charge in [0.2, 0.25) is 0 Å². The van der Waals surface area contributed by atoms with Crippen molar-refractivity contribution in [3.63, 3.8) is 0 Å². The van der Waals surface area contributed by atoms with Crippen LogP contribution in [-0.2, 0) is 10.0 Å². The van der Waals surface area contributed by atoms with Gasteiger partial charge >= 0.3 is 0 Å². The first-order chi connectivity index (χ1) is 13.3. The van der Waals surface area contributed by atoms with Gasteiger partial charge in [0.15, 0.2) is 0 Å². The van der Waals surface area contributed by atoms with Crippen molar-refractivity contribution < 1.29 is 13.2 Å². The molecule has 0 bridgehead atoms. The molecule has 9 heteroatoms. The number of hydrogen-bond acceptors (Lipinski definition) is 4. The van der Waals surface area contributed by atoms with E-state index >= 15 is 0 Å². The van der Waals surface area contributed by atoms with Crippen LogP contribution in [0.2, 0.25) is 10.0 Å². The zero-order valence-corrected chi connectivity index (χ0v) is 16.9. The molecule has 0 aliphatic heterocycles. The molecule has 28 heavy (non-hydrogen) atoms. The van der Waals surface area contributed by atoms with Crippen molar-refractivity contribution in [1.82, 2.24) is 4.98 Å². The van der Waals surface area contributed by atoms with Crippen molar-refractivity contribution in [1.29, 1.82) is 0 Å². The number of hydrogen-bond donors (Lipinski definition) is 2. The number of aromatic nitrogens is 1. The summed E-state index contributed by atoms with van der Waals surface area (Å²) in [4.78, 5) is 16.5. The minimum absolute atomic E-state index is 0.0409. The molecule has 0 aliphatic rings. The summed E-state index contributed by atoms with van der Waals surface area (Å²) in [5.74, 6) is 0.0340. The molecule has 0 saturated carbocycles. The number of carbonyl (C=O) groups is 1. The van der Waals surface area contributed by atoms with E-state index < -0.39 is 15.9 Å². The molecule has 2 N–H and O–H groups in total. The lowest BCUT2D eigenvalue weighted by molar-refractivity contribution is 0.102. The molecule has 1 aromatic heterocycles. The summed E-state index contributed by atoms with van der Waals surface area (Å²) in [6.45, 7) is 1.82. The van der Waals surface area contributed by atoms with E-state index in [0.29, 0.717) is 5.82 Å². The van der Waals surface area contributed by atoms with Crippen LogP contribution < -0.4 is 10.0 Å². The maximum atomic E-state index is 12.6. The standard InChI is InChI=1S/C19H15Cl2N3O3S/c1-12-4-3-9-22-18(12)23-19(25)13-5-2-6-14(10-13)24-28(26,27)15-7-8-16(20)17(21)11-15/h2-11,24H,1H3,(H,22,23,25). The third-order valence-corrected chi connectivity index (χ3v) is 5.94. The number of amides is 1. The van der Waals surface area contributed by atoms with Crippen molar-refractivity contribution >= 4 is 50.6 Å². The lowest BCUT2D eigenvalue weighted by atomic mass is 10.2. The highest BCUT2D eigenvalue weighted by Crippen LogP contribution is 2.26. The zero-order valence-electron chi connectivity index (χ0n) is 14.6. The summed E-state index contributed by atoms with van der Waals surface area (Å²) in [6.07, 6.45) is 1.57. The Morgan fingerprint density at radius 1 is 1.00 bits per heavy atom. The van der Waals surface area contributed by atoms with E-state index in [1.54, 1.807) is 24.4 Å². The van der Waals surface area contributed by atoms with Crippen LogP contribution in [0.25, 0.3) is 0 Å². The van der Waals surface area contributed by atoms with E-state index in [9.17, 15) is 13.2 Å². The number of carbonyl (C=O) groups excluding carboxylic acids is 1. The SMILES string of the molecule is Cc1cccnc1NC(=O)c1cccc(NS(=O)(=O)c2ccc(Cl)c(Cl)c2)c1. The summed E-state index contributed by atoms with van der Waals surface area (Å²) < 4.78 is 27.5. The molecule has 0 saturated heterocycles. The summed E-state index contributed by atoms with van der Waals surface area (Å²) >= 11 is 11.7. The molecule has 0 aliphatic carbocycles. The number of halogens is 2. The van der Waals surface area contributed by atoms with Crippen LogP contribution in [0.5, 0.6) is 0 Å². The monoisotopic (exact) mass is 435 g/mol. The van der Waals surface area contributed by atoms with Gasteiger partial charge in [-0.3, -0.25) is 9.52 Å². The Bertz CT molecular complexity index is 1150. The number of aryl methyl sites for hydroxylation is 1. The van der Waals surface area contributed by atoms with Crippen LogP contribution in [0.1, 0.15) is 15.9 Å². The predicted molar refractivity (Wildman–Crippen MR) is 111 cm³/mol. The maximum Gasteiger partial charge on any atom is 0.261 e. The summed E-state index contributed by atoms with van der Waals surface area (Å²) in [5, 5.41) is 3.08. The van der Waals surface area contributed by atoms with Gasteiger partial charge in [-0.1, -0.05) is 35.3 Å². The van der Waals surface area contributed by atoms with Crippen molar-refractivity contribution in [3.05, 3.63) is 82.0 Å². The Kier molecular flexibility index (Phi) is 5.88. The predicted octanol–water partition coefficient (Wildman–Crippen LogP) is 4.75. The van der Waals surface area contributed by atoms with Gasteiger partial charge in [-0.2, -0.15) is 0 Å². The third kappa shape index (κ3) is 4.62. The minimum Gasteiger partial charge on any atom is -0.306 e. The quantitative estimate of drug-likeness (QED) is 0.604. The van der Waals surface area contributed by atoms with Crippen molar-refractivity contribution in [3.8, 4) is 0 Å². The summed E-state index contributed by atoms with van der Waals surface area (Å²) in [5.41, 5.74) is 1.32. The van der Waals surface area contributed by atoms with E-state index in [1.165, 1.54) is 30.3 Å². The fraction of sp³-hybridized carbons (Fsp3) is 0.0526. The molecule has 0 unspecified atom stereocenters. The van der Waals surface area contributed by atoms with Crippen LogP contribution >= 0.6 is 23.2 Å². The fourth-order valence-corrected chi connectivity index (χ4v) is 3.82. The molecular weight excluding hydrogens is 421 g/mol. The highest BCUT2D eigenvalue weighted by Gasteiger charge is 2.17. The van der Waals surface area contributed by atoms with Crippen LogP contribution in [0.3, 0.4) is 0 Å². The molecule has 3 aromatic rings. The molecule has 0 radical (unpaired) electrons. The molecule has 144 valence electrons.